The first-order chi connectivity index (χ1) is 19.7. The van der Waals surface area contributed by atoms with Crippen LogP contribution < -0.4 is 15.0 Å². The number of rotatable bonds is 7. The molecule has 4 aromatic rings. The molecule has 9 heteroatoms. The molecular formula is C32H30F3N3O3. The van der Waals surface area contributed by atoms with Crippen LogP contribution in [0, 0.1) is 0 Å². The predicted molar refractivity (Wildman–Crippen MR) is 153 cm³/mol. The minimum Gasteiger partial charge on any atom is -0.508 e. The molecule has 5 rings (SSSR count). The number of hydrogen-bond acceptors (Lipinski definition) is 5. The average Bonchev–Trinajstić information content (AvgIpc) is 2.97. The number of methoxy groups -OCH3 is 1. The molecule has 1 amide bonds. The minimum absolute atomic E-state index is 0.00323. The summed E-state index contributed by atoms with van der Waals surface area (Å²) in [6.45, 7) is 3.15. The third-order valence-electron chi connectivity index (χ3n) is 7.12. The van der Waals surface area contributed by atoms with E-state index in [9.17, 15) is 23.1 Å². The van der Waals surface area contributed by atoms with Crippen LogP contribution in [-0.2, 0) is 12.7 Å². The zero-order valence-corrected chi connectivity index (χ0v) is 22.5. The fourth-order valence-corrected chi connectivity index (χ4v) is 4.92. The van der Waals surface area contributed by atoms with Crippen molar-refractivity contribution in [3.05, 3.63) is 108 Å². The molecular weight excluding hydrogens is 531 g/mol. The van der Waals surface area contributed by atoms with E-state index >= 15 is 0 Å². The first kappa shape index (κ1) is 28.0. The van der Waals surface area contributed by atoms with Crippen molar-refractivity contribution in [2.45, 2.75) is 12.7 Å². The summed E-state index contributed by atoms with van der Waals surface area (Å²) in [6, 6.07) is 24.8. The summed E-state index contributed by atoms with van der Waals surface area (Å²) in [4.78, 5) is 17.0. The van der Waals surface area contributed by atoms with E-state index in [1.807, 2.05) is 12.1 Å². The first-order valence-electron chi connectivity index (χ1n) is 13.2. The Bertz CT molecular complexity index is 1500. The van der Waals surface area contributed by atoms with Crippen molar-refractivity contribution in [1.82, 2.24) is 4.90 Å². The normalized spacial score (nSPS) is 14.1. The lowest BCUT2D eigenvalue weighted by atomic mass is 9.99. The summed E-state index contributed by atoms with van der Waals surface area (Å²) in [6.07, 6.45) is -4.47. The van der Waals surface area contributed by atoms with Crippen molar-refractivity contribution in [2.24, 2.45) is 0 Å². The molecule has 1 saturated heterocycles. The van der Waals surface area contributed by atoms with Crippen molar-refractivity contribution in [1.29, 1.82) is 0 Å². The molecule has 0 bridgehead atoms. The van der Waals surface area contributed by atoms with Crippen molar-refractivity contribution in [2.75, 3.05) is 43.5 Å². The van der Waals surface area contributed by atoms with Gasteiger partial charge in [0.2, 0.25) is 0 Å². The summed E-state index contributed by atoms with van der Waals surface area (Å²) in [5, 5.41) is 12.7. The number of hydrogen-bond donors (Lipinski definition) is 2. The van der Waals surface area contributed by atoms with Gasteiger partial charge in [-0.3, -0.25) is 9.69 Å². The SMILES string of the molecule is COc1ccc(NC(=O)c2ccc(N3CCN(Cc4cc(-c5cccc(O)c5)cc(C(F)(F)F)c4)CC3)cc2)cc1. The fraction of sp³-hybridized carbons (Fsp3) is 0.219. The third kappa shape index (κ3) is 6.99. The lowest BCUT2D eigenvalue weighted by molar-refractivity contribution is -0.137. The van der Waals surface area contributed by atoms with Crippen LogP contribution in [0.25, 0.3) is 11.1 Å². The molecule has 0 saturated carbocycles. The molecule has 6 nitrogen and oxygen atoms in total. The number of benzene rings is 4. The van der Waals surface area contributed by atoms with Gasteiger partial charge in [-0.2, -0.15) is 13.2 Å². The molecule has 1 heterocycles. The highest BCUT2D eigenvalue weighted by atomic mass is 19.4. The number of ether oxygens (including phenoxy) is 1. The van der Waals surface area contributed by atoms with Gasteiger partial charge in [0.15, 0.2) is 0 Å². The van der Waals surface area contributed by atoms with Gasteiger partial charge in [-0.25, -0.2) is 0 Å². The van der Waals surface area contributed by atoms with E-state index < -0.39 is 11.7 Å². The van der Waals surface area contributed by atoms with E-state index in [0.29, 0.717) is 66.4 Å². The van der Waals surface area contributed by atoms with Crippen LogP contribution in [0.3, 0.4) is 0 Å². The number of anilines is 2. The van der Waals surface area contributed by atoms with Gasteiger partial charge in [-0.05, 0) is 95.6 Å². The smallest absolute Gasteiger partial charge is 0.416 e. The van der Waals surface area contributed by atoms with Gasteiger partial charge in [-0.1, -0.05) is 12.1 Å². The lowest BCUT2D eigenvalue weighted by Crippen LogP contribution is -2.46. The Morgan fingerprint density at radius 3 is 2.22 bits per heavy atom. The van der Waals surface area contributed by atoms with Crippen molar-refractivity contribution < 1.29 is 27.8 Å². The Morgan fingerprint density at radius 1 is 0.878 bits per heavy atom. The van der Waals surface area contributed by atoms with Crippen LogP contribution in [-0.4, -0.2) is 49.2 Å². The van der Waals surface area contributed by atoms with Crippen LogP contribution in [0.4, 0.5) is 24.5 Å². The summed E-state index contributed by atoms with van der Waals surface area (Å²) in [7, 11) is 1.58. The van der Waals surface area contributed by atoms with Gasteiger partial charge >= 0.3 is 6.18 Å². The third-order valence-corrected chi connectivity index (χ3v) is 7.12. The van der Waals surface area contributed by atoms with Crippen LogP contribution >= 0.6 is 0 Å². The molecule has 0 radical (unpaired) electrons. The maximum atomic E-state index is 13.7. The van der Waals surface area contributed by atoms with Crippen LogP contribution in [0.2, 0.25) is 0 Å². The Kier molecular flexibility index (Phi) is 8.16. The van der Waals surface area contributed by atoms with Crippen molar-refractivity contribution in [3.8, 4) is 22.6 Å². The second kappa shape index (κ2) is 11.9. The fourth-order valence-electron chi connectivity index (χ4n) is 4.92. The summed E-state index contributed by atoms with van der Waals surface area (Å²) in [5.74, 6) is 0.501. The average molecular weight is 562 g/mol. The van der Waals surface area contributed by atoms with Gasteiger partial charge in [0.25, 0.3) is 5.91 Å². The largest absolute Gasteiger partial charge is 0.508 e. The maximum Gasteiger partial charge on any atom is 0.416 e. The number of carbonyl (C=O) groups excluding carboxylic acids is 1. The van der Waals surface area contributed by atoms with Crippen LogP contribution in [0.1, 0.15) is 21.5 Å². The van der Waals surface area contributed by atoms with Crippen molar-refractivity contribution in [3.63, 3.8) is 0 Å². The first-order valence-corrected chi connectivity index (χ1v) is 13.2. The lowest BCUT2D eigenvalue weighted by Gasteiger charge is -2.36. The number of aromatic hydroxyl groups is 1. The van der Waals surface area contributed by atoms with Gasteiger partial charge in [0, 0.05) is 49.7 Å². The van der Waals surface area contributed by atoms with E-state index in [-0.39, 0.29) is 11.7 Å². The number of phenols is 1. The zero-order valence-electron chi connectivity index (χ0n) is 22.5. The van der Waals surface area contributed by atoms with Crippen LogP contribution in [0.5, 0.6) is 11.5 Å². The van der Waals surface area contributed by atoms with E-state index in [1.165, 1.54) is 18.2 Å². The molecule has 1 fully saturated rings. The topological polar surface area (TPSA) is 65.0 Å². The molecule has 0 aliphatic carbocycles. The molecule has 212 valence electrons. The minimum atomic E-state index is -4.47. The number of piperazine rings is 1. The van der Waals surface area contributed by atoms with E-state index in [2.05, 4.69) is 15.1 Å². The number of phenolic OH excluding ortho intramolecular Hbond substituents is 1. The highest BCUT2D eigenvalue weighted by Gasteiger charge is 2.31. The standard InChI is InChI=1S/C32H30F3N3O3/c1-41-30-11-7-27(8-12-30)36-31(40)23-5-9-28(10-6-23)38-15-13-37(14-16-38)21-22-17-25(19-26(18-22)32(33,34)35)24-3-2-4-29(39)20-24/h2-12,17-20,39H,13-16,21H2,1H3,(H,36,40). The quantitative estimate of drug-likeness (QED) is 0.264. The number of amides is 1. The molecule has 1 aliphatic rings. The molecule has 41 heavy (non-hydrogen) atoms. The van der Waals surface area contributed by atoms with Crippen molar-refractivity contribution >= 4 is 17.3 Å². The maximum absolute atomic E-state index is 13.7. The molecule has 0 spiro atoms. The van der Waals surface area contributed by atoms with Gasteiger partial charge in [0.05, 0.1) is 12.7 Å². The van der Waals surface area contributed by atoms with E-state index in [0.717, 1.165) is 11.8 Å². The number of halogens is 3. The number of nitrogens with zero attached hydrogens (tertiary/aromatic N) is 2. The second-order valence-corrected chi connectivity index (χ2v) is 9.96. The van der Waals surface area contributed by atoms with E-state index in [1.54, 1.807) is 61.7 Å². The molecule has 4 aromatic carbocycles. The summed E-state index contributed by atoms with van der Waals surface area (Å²) in [5.41, 5.74) is 3.00. The molecule has 2 N–H and O–H groups in total. The van der Waals surface area contributed by atoms with Gasteiger partial charge in [-0.15, -0.1) is 0 Å². The predicted octanol–water partition coefficient (Wildman–Crippen LogP) is 6.66. The van der Waals surface area contributed by atoms with Gasteiger partial charge in [0.1, 0.15) is 11.5 Å². The monoisotopic (exact) mass is 561 g/mol. The highest BCUT2D eigenvalue weighted by molar-refractivity contribution is 6.04. The molecule has 0 aromatic heterocycles. The molecule has 1 aliphatic heterocycles. The number of nitrogens with one attached hydrogen (secondary N) is 1. The summed E-state index contributed by atoms with van der Waals surface area (Å²) < 4.78 is 46.2. The van der Waals surface area contributed by atoms with E-state index in [4.69, 9.17) is 4.74 Å². The Hall–Kier alpha value is -4.50. The summed E-state index contributed by atoms with van der Waals surface area (Å²) >= 11 is 0. The second-order valence-electron chi connectivity index (χ2n) is 9.96. The Labute approximate surface area is 236 Å². The Morgan fingerprint density at radius 2 is 1.59 bits per heavy atom. The van der Waals surface area contributed by atoms with Gasteiger partial charge < -0.3 is 20.1 Å². The highest BCUT2D eigenvalue weighted by Crippen LogP contribution is 2.34. The molecule has 0 unspecified atom stereocenters. The zero-order chi connectivity index (χ0) is 29.0. The molecule has 0 atom stereocenters. The Balaban J connectivity index is 1.21. The van der Waals surface area contributed by atoms with Crippen LogP contribution in [0.15, 0.2) is 91.0 Å². The number of carbonyl (C=O) groups is 1. The number of alkyl halides is 3.